The fourth-order valence-corrected chi connectivity index (χ4v) is 7.77. The topological polar surface area (TPSA) is 424 Å². The second kappa shape index (κ2) is 21.3. The Morgan fingerprint density at radius 1 is 0.426 bits per heavy atom. The van der Waals surface area contributed by atoms with Gasteiger partial charge < -0.3 is 125 Å². The van der Waals surface area contributed by atoms with Crippen LogP contribution in [0.15, 0.2) is 0 Å². The van der Waals surface area contributed by atoms with Crippen LogP contribution >= 0.6 is 0 Å². The van der Waals surface area contributed by atoms with Crippen LogP contribution < -0.4 is 10.6 Å². The molecule has 27 nitrogen and oxygen atoms in total. The quantitative estimate of drug-likeness (QED) is 0.0770. The van der Waals surface area contributed by atoms with Gasteiger partial charge in [0.25, 0.3) is 0 Å². The van der Waals surface area contributed by atoms with Crippen LogP contribution in [-0.2, 0) is 52.2 Å². The Morgan fingerprint density at radius 2 is 0.820 bits per heavy atom. The molecule has 2 amide bonds. The molecular formula is C34H58N2O25. The Morgan fingerprint density at radius 3 is 1.36 bits per heavy atom. The summed E-state index contributed by atoms with van der Waals surface area (Å²) in [6.07, 6.45) is -40.9. The van der Waals surface area contributed by atoms with Gasteiger partial charge in [0.05, 0.1) is 32.5 Å². The van der Waals surface area contributed by atoms with Crippen LogP contribution in [-0.4, -0.2) is 263 Å². The van der Waals surface area contributed by atoms with Gasteiger partial charge in [-0.25, -0.2) is 0 Å². The molecule has 16 N–H and O–H groups in total. The van der Waals surface area contributed by atoms with Crippen LogP contribution in [0.5, 0.6) is 0 Å². The van der Waals surface area contributed by atoms with Crippen LogP contribution in [0, 0.1) is 0 Å². The number of hydrogen-bond donors (Lipinski definition) is 16. The Kier molecular flexibility index (Phi) is 17.5. The maximum Gasteiger partial charge on any atom is 0.217 e. The lowest BCUT2D eigenvalue weighted by atomic mass is 9.94. The molecule has 0 spiro atoms. The summed E-state index contributed by atoms with van der Waals surface area (Å²) in [6.45, 7) is -0.187. The molecule has 5 aliphatic heterocycles. The average Bonchev–Trinajstić information content (AvgIpc) is 3.21. The molecule has 0 bridgehead atoms. The van der Waals surface area contributed by atoms with Crippen molar-refractivity contribution in [3.8, 4) is 0 Å². The Balaban J connectivity index is 1.36. The second-order valence-electron chi connectivity index (χ2n) is 15.4. The molecule has 25 atom stereocenters. The predicted octanol–water partition coefficient (Wildman–Crippen LogP) is -10.6. The van der Waals surface area contributed by atoms with Gasteiger partial charge in [0.15, 0.2) is 31.5 Å². The summed E-state index contributed by atoms with van der Waals surface area (Å²) < 4.78 is 50.9. The number of hydrogen-bond acceptors (Lipinski definition) is 25. The molecule has 5 saturated heterocycles. The molecule has 0 saturated carbocycles. The van der Waals surface area contributed by atoms with Gasteiger partial charge in [-0.1, -0.05) is 0 Å². The van der Waals surface area contributed by atoms with Crippen LogP contribution in [0.4, 0.5) is 0 Å². The molecule has 5 fully saturated rings. The molecule has 0 aromatic carbocycles. The smallest absolute Gasteiger partial charge is 0.217 e. The van der Waals surface area contributed by atoms with Gasteiger partial charge in [0, 0.05) is 13.8 Å². The Labute approximate surface area is 346 Å². The first kappa shape index (κ1) is 50.0. The van der Waals surface area contributed by atoms with Crippen molar-refractivity contribution in [2.75, 3.05) is 26.4 Å². The molecule has 0 aliphatic carbocycles. The van der Waals surface area contributed by atoms with E-state index >= 15 is 0 Å². The van der Waals surface area contributed by atoms with Crippen molar-refractivity contribution in [2.45, 2.75) is 174 Å². The van der Waals surface area contributed by atoms with E-state index in [4.69, 9.17) is 42.6 Å². The van der Waals surface area contributed by atoms with Crippen LogP contribution in [0.3, 0.4) is 0 Å². The molecule has 5 rings (SSSR count). The number of aliphatic hydroxyl groups is 14. The second-order valence-corrected chi connectivity index (χ2v) is 15.4. The van der Waals surface area contributed by atoms with Gasteiger partial charge in [-0.05, 0) is 6.92 Å². The molecule has 27 heteroatoms. The van der Waals surface area contributed by atoms with E-state index in [0.717, 1.165) is 13.8 Å². The zero-order valence-electron chi connectivity index (χ0n) is 33.0. The summed E-state index contributed by atoms with van der Waals surface area (Å²) in [6, 6.07) is -3.12. The third kappa shape index (κ3) is 10.8. The van der Waals surface area contributed by atoms with Crippen molar-refractivity contribution in [3.63, 3.8) is 0 Å². The Hall–Kier alpha value is -1.98. The summed E-state index contributed by atoms with van der Waals surface area (Å²) in [5.74, 6) is -1.47. The number of amides is 2. The summed E-state index contributed by atoms with van der Waals surface area (Å²) in [7, 11) is 0. The molecular weight excluding hydrogens is 836 g/mol. The van der Waals surface area contributed by atoms with Gasteiger partial charge in [0.1, 0.15) is 116 Å². The predicted molar refractivity (Wildman–Crippen MR) is 188 cm³/mol. The van der Waals surface area contributed by atoms with Gasteiger partial charge in [0.2, 0.25) is 11.8 Å². The number of carbonyl (C=O) groups excluding carboxylic acids is 2. The van der Waals surface area contributed by atoms with Crippen molar-refractivity contribution in [3.05, 3.63) is 0 Å². The van der Waals surface area contributed by atoms with Crippen LogP contribution in [0.25, 0.3) is 0 Å². The summed E-state index contributed by atoms with van der Waals surface area (Å²) in [5.41, 5.74) is 0. The highest BCUT2D eigenvalue weighted by Gasteiger charge is 2.57. The zero-order chi connectivity index (χ0) is 45.2. The number of rotatable bonds is 14. The zero-order valence-corrected chi connectivity index (χ0v) is 33.0. The van der Waals surface area contributed by atoms with E-state index in [0.29, 0.717) is 0 Å². The number of carbonyl (C=O) groups is 2. The normalized spacial score (nSPS) is 49.6. The summed E-state index contributed by atoms with van der Waals surface area (Å²) in [4.78, 5) is 24.3. The molecule has 0 unspecified atom stereocenters. The first-order chi connectivity index (χ1) is 28.8. The van der Waals surface area contributed by atoms with Crippen molar-refractivity contribution in [1.82, 2.24) is 10.6 Å². The monoisotopic (exact) mass is 894 g/mol. The molecule has 0 aromatic rings. The fourth-order valence-electron chi connectivity index (χ4n) is 7.77. The summed E-state index contributed by atoms with van der Waals surface area (Å²) >= 11 is 0. The van der Waals surface area contributed by atoms with E-state index in [9.17, 15) is 81.1 Å². The lowest BCUT2D eigenvalue weighted by Gasteiger charge is -2.50. The fraction of sp³-hybridized carbons (Fsp3) is 0.941. The maximum atomic E-state index is 12.5. The van der Waals surface area contributed by atoms with E-state index in [1.165, 1.54) is 6.92 Å². The van der Waals surface area contributed by atoms with E-state index in [-0.39, 0.29) is 0 Å². The third-order valence-electron chi connectivity index (χ3n) is 11.1. The highest BCUT2D eigenvalue weighted by atomic mass is 16.8. The lowest BCUT2D eigenvalue weighted by Crippen LogP contribution is -2.70. The van der Waals surface area contributed by atoms with Gasteiger partial charge in [-0.15, -0.1) is 0 Å². The first-order valence-corrected chi connectivity index (χ1v) is 19.5. The average molecular weight is 895 g/mol. The van der Waals surface area contributed by atoms with E-state index < -0.39 is 192 Å². The van der Waals surface area contributed by atoms with E-state index in [2.05, 4.69) is 10.6 Å². The van der Waals surface area contributed by atoms with Crippen molar-refractivity contribution in [1.29, 1.82) is 0 Å². The SMILES string of the molecule is CC(=O)N[C@@H]1[C@@H](O[C@@H]2O[C@H](CO)[C@H](O[C@@H]3O[C@H](CO)[C@H](O)[C@H](O[C@@H]4O[C@H](CO)[C@H](O)[C@H](O[C@@H]5O[C@@H](C)[C@@H](O)[C@@H](O)[C@@H]5O)[C@H]4NC(C)=O)[C@H]3O)[C@H](O)[C@H]2O)[C@@H](O)[C@@H](CO)O[C@@H]1O. The highest BCUT2D eigenvalue weighted by Crippen LogP contribution is 2.35. The number of aliphatic hydroxyl groups excluding tert-OH is 14. The van der Waals surface area contributed by atoms with Crippen LogP contribution in [0.2, 0.25) is 0 Å². The maximum absolute atomic E-state index is 12.5. The van der Waals surface area contributed by atoms with Crippen LogP contribution in [0.1, 0.15) is 20.8 Å². The van der Waals surface area contributed by atoms with E-state index in [1.54, 1.807) is 0 Å². The third-order valence-corrected chi connectivity index (χ3v) is 11.1. The van der Waals surface area contributed by atoms with Crippen molar-refractivity contribution in [2.24, 2.45) is 0 Å². The number of ether oxygens (including phenoxy) is 9. The molecule has 5 heterocycles. The highest BCUT2D eigenvalue weighted by molar-refractivity contribution is 5.73. The largest absolute Gasteiger partial charge is 0.394 e. The number of nitrogens with one attached hydrogen (secondary N) is 2. The Bertz CT molecular complexity index is 1420. The molecule has 0 aromatic heterocycles. The molecule has 5 aliphatic rings. The minimum atomic E-state index is -2.13. The molecule has 0 radical (unpaired) electrons. The van der Waals surface area contributed by atoms with Crippen molar-refractivity contribution >= 4 is 11.8 Å². The first-order valence-electron chi connectivity index (χ1n) is 19.5. The minimum Gasteiger partial charge on any atom is -0.394 e. The summed E-state index contributed by atoms with van der Waals surface area (Å²) in [5, 5.41) is 154. The van der Waals surface area contributed by atoms with E-state index in [1.807, 2.05) is 0 Å². The van der Waals surface area contributed by atoms with Gasteiger partial charge in [-0.3, -0.25) is 9.59 Å². The molecule has 354 valence electrons. The minimum absolute atomic E-state index is 0.701. The molecule has 61 heavy (non-hydrogen) atoms. The van der Waals surface area contributed by atoms with Gasteiger partial charge >= 0.3 is 0 Å². The lowest BCUT2D eigenvalue weighted by molar-refractivity contribution is -0.385. The van der Waals surface area contributed by atoms with Crippen molar-refractivity contribution < 1.29 is 124 Å². The van der Waals surface area contributed by atoms with Gasteiger partial charge in [-0.2, -0.15) is 0 Å². The standard InChI is InChI=1S/C34H58N2O25/c1-8-17(43)21(47)23(49)32(53-8)60-28-16(36-10(3)42)31(55-12(5-38)19(28)45)61-29-20(46)13(6-39)56-34(25(29)51)58-26-14(7-40)57-33(24(50)22(26)48)59-27-15(35-9(2)41)30(52)54-11(4-37)18(27)44/h8,11-34,37-40,43-52H,4-7H2,1-3H3,(H,35,41)(H,36,42)/t8-,11+,12+,13+,14+,15+,16+,17+,18-,19-,20-,21+,22+,23-,24+,25+,26-,27+,28+,29-,30-,31-,32-,33-,34-/m0/s1.